The van der Waals surface area contributed by atoms with E-state index in [9.17, 15) is 4.79 Å². The molecule has 0 saturated heterocycles. The van der Waals surface area contributed by atoms with Crippen LogP contribution in [0.3, 0.4) is 0 Å². The van der Waals surface area contributed by atoms with Crippen LogP contribution in [-0.4, -0.2) is 17.8 Å². The van der Waals surface area contributed by atoms with Crippen LogP contribution >= 0.6 is 15.9 Å². The second-order valence-corrected chi connectivity index (χ2v) is 4.77. The van der Waals surface area contributed by atoms with Gasteiger partial charge < -0.3 is 9.73 Å². The van der Waals surface area contributed by atoms with Crippen molar-refractivity contribution in [3.05, 3.63) is 52.4 Å². The maximum Gasteiger partial charge on any atom is 0.276 e. The normalized spacial score (nSPS) is 16.1. The van der Waals surface area contributed by atoms with Crippen molar-refractivity contribution < 1.29 is 9.21 Å². The molecular weight excluding hydrogens is 310 g/mol. The number of carbonyl (C=O) groups excluding carboxylic acids is 1. The summed E-state index contributed by atoms with van der Waals surface area (Å²) in [6.07, 6.45) is 3.00. The van der Waals surface area contributed by atoms with Crippen LogP contribution in [-0.2, 0) is 4.79 Å². The Kier molecular flexibility index (Phi) is 3.00. The monoisotopic (exact) mass is 317 g/mol. The quantitative estimate of drug-likeness (QED) is 0.683. The molecule has 2 heterocycles. The number of amides is 1. The molecular formula is C13H8BrN3O2. The van der Waals surface area contributed by atoms with Crippen molar-refractivity contribution >= 4 is 39.5 Å². The number of halogens is 1. The van der Waals surface area contributed by atoms with Crippen molar-refractivity contribution in [2.24, 2.45) is 10.2 Å². The van der Waals surface area contributed by atoms with E-state index < -0.39 is 0 Å². The van der Waals surface area contributed by atoms with Crippen LogP contribution in [0.1, 0.15) is 11.3 Å². The van der Waals surface area contributed by atoms with Gasteiger partial charge >= 0.3 is 0 Å². The minimum Gasteiger partial charge on any atom is -0.463 e. The van der Waals surface area contributed by atoms with E-state index in [2.05, 4.69) is 31.4 Å². The zero-order valence-electron chi connectivity index (χ0n) is 9.63. The highest BCUT2D eigenvalue weighted by molar-refractivity contribution is 9.10. The number of hydrogen-bond acceptors (Lipinski definition) is 4. The third kappa shape index (κ3) is 2.34. The summed E-state index contributed by atoms with van der Waals surface area (Å²) in [6.45, 7) is 0. The van der Waals surface area contributed by atoms with E-state index in [1.54, 1.807) is 18.4 Å². The van der Waals surface area contributed by atoms with Crippen LogP contribution in [0.4, 0.5) is 5.69 Å². The Morgan fingerprint density at radius 1 is 1.32 bits per heavy atom. The third-order valence-electron chi connectivity index (χ3n) is 2.59. The predicted octanol–water partition coefficient (Wildman–Crippen LogP) is 2.82. The summed E-state index contributed by atoms with van der Waals surface area (Å²) in [7, 11) is 0. The number of nitrogens with one attached hydrogen (secondary N) is 1. The number of benzene rings is 1. The topological polar surface area (TPSA) is 67.0 Å². The number of hydrogen-bond donors (Lipinski definition) is 1. The Morgan fingerprint density at radius 3 is 3.00 bits per heavy atom. The molecule has 94 valence electrons. The highest BCUT2D eigenvalue weighted by atomic mass is 79.9. The zero-order valence-corrected chi connectivity index (χ0v) is 11.2. The van der Waals surface area contributed by atoms with Gasteiger partial charge in [0.05, 0.1) is 18.2 Å². The van der Waals surface area contributed by atoms with Gasteiger partial charge in [0.2, 0.25) is 0 Å². The van der Waals surface area contributed by atoms with E-state index in [0.717, 1.165) is 15.7 Å². The van der Waals surface area contributed by atoms with Crippen molar-refractivity contribution in [3.8, 4) is 0 Å². The van der Waals surface area contributed by atoms with Crippen molar-refractivity contribution in [2.75, 3.05) is 5.32 Å². The Morgan fingerprint density at radius 2 is 2.21 bits per heavy atom. The molecule has 2 aromatic rings. The molecule has 1 aromatic carbocycles. The van der Waals surface area contributed by atoms with Gasteiger partial charge in [0.1, 0.15) is 5.76 Å². The molecule has 0 bridgehead atoms. The highest BCUT2D eigenvalue weighted by Gasteiger charge is 2.26. The molecule has 1 aliphatic rings. The molecule has 1 amide bonds. The van der Waals surface area contributed by atoms with Gasteiger partial charge in [-0.15, -0.1) is 5.10 Å². The fourth-order valence-corrected chi connectivity index (χ4v) is 2.09. The average Bonchev–Trinajstić information content (AvgIpc) is 2.99. The fourth-order valence-electron chi connectivity index (χ4n) is 1.73. The molecule has 0 fully saturated rings. The van der Waals surface area contributed by atoms with Gasteiger partial charge in [-0.2, -0.15) is 5.10 Å². The van der Waals surface area contributed by atoms with Crippen molar-refractivity contribution in [1.82, 2.24) is 0 Å². The molecule has 1 aromatic heterocycles. The largest absolute Gasteiger partial charge is 0.463 e. The molecule has 6 heteroatoms. The smallest absolute Gasteiger partial charge is 0.276 e. The number of anilines is 1. The molecule has 0 radical (unpaired) electrons. The summed E-state index contributed by atoms with van der Waals surface area (Å²) in [5.41, 5.74) is 1.76. The van der Waals surface area contributed by atoms with E-state index in [1.807, 2.05) is 18.2 Å². The molecule has 0 unspecified atom stereocenters. The SMILES string of the molecule is O=C1Nc2ccc(Br)cc2/C1=N\N=C\c1ccco1. The number of carbonyl (C=O) groups is 1. The Hall–Kier alpha value is -2.21. The Bertz CT molecular complexity index is 690. The first-order valence-electron chi connectivity index (χ1n) is 5.50. The van der Waals surface area contributed by atoms with Crippen LogP contribution in [0.5, 0.6) is 0 Å². The lowest BCUT2D eigenvalue weighted by Crippen LogP contribution is -2.13. The second kappa shape index (κ2) is 4.81. The molecule has 1 N–H and O–H groups in total. The summed E-state index contributed by atoms with van der Waals surface area (Å²) < 4.78 is 5.97. The summed E-state index contributed by atoms with van der Waals surface area (Å²) >= 11 is 3.36. The first-order valence-corrected chi connectivity index (χ1v) is 6.29. The van der Waals surface area contributed by atoms with E-state index >= 15 is 0 Å². The van der Waals surface area contributed by atoms with Crippen LogP contribution in [0.2, 0.25) is 0 Å². The fraction of sp³-hybridized carbons (Fsp3) is 0. The molecule has 19 heavy (non-hydrogen) atoms. The molecule has 0 saturated carbocycles. The molecule has 0 aliphatic carbocycles. The van der Waals surface area contributed by atoms with Gasteiger partial charge in [0.25, 0.3) is 5.91 Å². The predicted molar refractivity (Wildman–Crippen MR) is 75.6 cm³/mol. The van der Waals surface area contributed by atoms with Crippen molar-refractivity contribution in [2.45, 2.75) is 0 Å². The zero-order chi connectivity index (χ0) is 13.2. The van der Waals surface area contributed by atoms with E-state index in [4.69, 9.17) is 4.42 Å². The highest BCUT2D eigenvalue weighted by Crippen LogP contribution is 2.26. The van der Waals surface area contributed by atoms with Gasteiger partial charge in [0.15, 0.2) is 5.71 Å². The summed E-state index contributed by atoms with van der Waals surface area (Å²) in [5.74, 6) is 0.321. The van der Waals surface area contributed by atoms with Gasteiger partial charge in [-0.25, -0.2) is 0 Å². The lowest BCUT2D eigenvalue weighted by Gasteiger charge is -1.96. The van der Waals surface area contributed by atoms with Crippen molar-refractivity contribution in [1.29, 1.82) is 0 Å². The minimum absolute atomic E-state index is 0.260. The summed E-state index contributed by atoms with van der Waals surface area (Å²) in [6, 6.07) is 9.00. The van der Waals surface area contributed by atoms with Crippen LogP contribution in [0, 0.1) is 0 Å². The second-order valence-electron chi connectivity index (χ2n) is 3.85. The molecule has 5 nitrogen and oxygen atoms in total. The molecule has 1 aliphatic heterocycles. The lowest BCUT2D eigenvalue weighted by atomic mass is 10.1. The van der Waals surface area contributed by atoms with Gasteiger partial charge in [-0.3, -0.25) is 4.79 Å². The molecule has 0 spiro atoms. The van der Waals surface area contributed by atoms with Gasteiger partial charge in [-0.1, -0.05) is 15.9 Å². The van der Waals surface area contributed by atoms with E-state index in [1.165, 1.54) is 6.21 Å². The van der Waals surface area contributed by atoms with Crippen LogP contribution < -0.4 is 5.32 Å². The van der Waals surface area contributed by atoms with E-state index in [0.29, 0.717) is 11.5 Å². The number of rotatable bonds is 2. The molecule has 3 rings (SSSR count). The number of fused-ring (bicyclic) bond motifs is 1. The Labute approximate surface area is 117 Å². The lowest BCUT2D eigenvalue weighted by molar-refractivity contribution is -0.110. The van der Waals surface area contributed by atoms with Crippen LogP contribution in [0.25, 0.3) is 0 Å². The van der Waals surface area contributed by atoms with Crippen LogP contribution in [0.15, 0.2) is 55.7 Å². The third-order valence-corrected chi connectivity index (χ3v) is 3.08. The first-order chi connectivity index (χ1) is 9.24. The number of furan rings is 1. The standard InChI is InChI=1S/C13H8BrN3O2/c14-8-3-4-11-10(6-8)12(13(18)16-11)17-15-7-9-2-1-5-19-9/h1-7H,(H,16,17,18)/b15-7+. The maximum absolute atomic E-state index is 11.8. The first kappa shape index (κ1) is 11.9. The van der Waals surface area contributed by atoms with E-state index in [-0.39, 0.29) is 5.91 Å². The summed E-state index contributed by atoms with van der Waals surface area (Å²) in [5, 5.41) is 10.6. The number of nitrogens with zero attached hydrogens (tertiary/aromatic N) is 2. The van der Waals surface area contributed by atoms with Gasteiger partial charge in [-0.05, 0) is 30.3 Å². The summed E-state index contributed by atoms with van der Waals surface area (Å²) in [4.78, 5) is 11.8. The van der Waals surface area contributed by atoms with Crippen molar-refractivity contribution in [3.63, 3.8) is 0 Å². The maximum atomic E-state index is 11.8. The average molecular weight is 318 g/mol. The Balaban J connectivity index is 1.93. The molecule has 0 atom stereocenters. The minimum atomic E-state index is -0.260. The van der Waals surface area contributed by atoms with Gasteiger partial charge in [0, 0.05) is 10.0 Å².